The smallest absolute Gasteiger partial charge is 0.283 e. The quantitative estimate of drug-likeness (QED) is 0.785. The van der Waals surface area contributed by atoms with Gasteiger partial charge in [-0.25, -0.2) is 0 Å². The van der Waals surface area contributed by atoms with Crippen molar-refractivity contribution >= 4 is 33.4 Å². The fraction of sp³-hybridized carbons (Fsp3) is 0.118. The van der Waals surface area contributed by atoms with Gasteiger partial charge in [0.15, 0.2) is 11.4 Å². The predicted octanol–water partition coefficient (Wildman–Crippen LogP) is 1.84. The Labute approximate surface area is 141 Å². The summed E-state index contributed by atoms with van der Waals surface area (Å²) in [5.74, 6) is -0.754. The molecule has 0 aliphatic rings. The number of carbonyl (C=O) groups excluding carboxylic acids is 2. The van der Waals surface area contributed by atoms with E-state index in [2.05, 4.69) is 4.99 Å². The van der Waals surface area contributed by atoms with Crippen LogP contribution in [0.15, 0.2) is 53.5 Å². The van der Waals surface area contributed by atoms with Gasteiger partial charge in [-0.05, 0) is 24.3 Å². The lowest BCUT2D eigenvalue weighted by molar-refractivity contribution is -0.119. The Morgan fingerprint density at radius 2 is 1.88 bits per heavy atom. The Balaban J connectivity index is 2.00. The number of nitrogens with two attached hydrogens (primary N) is 1. The summed E-state index contributed by atoms with van der Waals surface area (Å²) in [6.07, 6.45) is 0. The Hall–Kier alpha value is -2.93. The molecule has 0 fully saturated rings. The number of para-hydroxylation sites is 2. The molecule has 122 valence electrons. The molecule has 0 aliphatic heterocycles. The van der Waals surface area contributed by atoms with Crippen LogP contribution in [-0.4, -0.2) is 23.0 Å². The molecular formula is C17H15N3O3S. The van der Waals surface area contributed by atoms with E-state index >= 15 is 0 Å². The molecule has 1 heterocycles. The van der Waals surface area contributed by atoms with E-state index in [1.54, 1.807) is 24.3 Å². The highest BCUT2D eigenvalue weighted by Crippen LogP contribution is 2.19. The van der Waals surface area contributed by atoms with Gasteiger partial charge in [0, 0.05) is 7.05 Å². The summed E-state index contributed by atoms with van der Waals surface area (Å²) in [5.41, 5.74) is 6.37. The molecule has 3 rings (SSSR count). The van der Waals surface area contributed by atoms with Crippen molar-refractivity contribution in [1.82, 2.24) is 4.57 Å². The minimum absolute atomic E-state index is 0.286. The van der Waals surface area contributed by atoms with Crippen molar-refractivity contribution in [3.63, 3.8) is 0 Å². The van der Waals surface area contributed by atoms with Gasteiger partial charge in [0.25, 0.3) is 11.8 Å². The van der Waals surface area contributed by atoms with Crippen molar-refractivity contribution in [3.05, 3.63) is 58.9 Å². The number of rotatable bonds is 4. The Kier molecular flexibility index (Phi) is 4.43. The monoisotopic (exact) mass is 341 g/mol. The fourth-order valence-electron chi connectivity index (χ4n) is 2.25. The molecule has 6 nitrogen and oxygen atoms in total. The second-order valence-electron chi connectivity index (χ2n) is 5.08. The van der Waals surface area contributed by atoms with E-state index in [0.29, 0.717) is 4.80 Å². The van der Waals surface area contributed by atoms with Crippen LogP contribution >= 0.6 is 11.3 Å². The summed E-state index contributed by atoms with van der Waals surface area (Å²) in [4.78, 5) is 28.2. The van der Waals surface area contributed by atoms with Gasteiger partial charge in [0.1, 0.15) is 5.75 Å². The third-order valence-electron chi connectivity index (χ3n) is 3.40. The van der Waals surface area contributed by atoms with Crippen LogP contribution in [0.25, 0.3) is 10.2 Å². The number of fused-ring (bicyclic) bond motifs is 1. The van der Waals surface area contributed by atoms with E-state index in [1.807, 2.05) is 35.9 Å². The minimum Gasteiger partial charge on any atom is -0.483 e. The first-order valence-corrected chi connectivity index (χ1v) is 8.01. The molecule has 2 aromatic carbocycles. The topological polar surface area (TPSA) is 86.7 Å². The molecule has 0 saturated carbocycles. The largest absolute Gasteiger partial charge is 0.483 e. The van der Waals surface area contributed by atoms with Crippen LogP contribution in [0.1, 0.15) is 10.4 Å². The fourth-order valence-corrected chi connectivity index (χ4v) is 3.27. The Morgan fingerprint density at radius 3 is 2.62 bits per heavy atom. The molecule has 1 aromatic heterocycles. The highest BCUT2D eigenvalue weighted by Gasteiger charge is 2.13. The van der Waals surface area contributed by atoms with Gasteiger partial charge in [0.2, 0.25) is 0 Å². The number of aryl methyl sites for hydroxylation is 1. The number of benzene rings is 2. The van der Waals surface area contributed by atoms with Crippen LogP contribution in [0.3, 0.4) is 0 Å². The minimum atomic E-state index is -0.606. The second kappa shape index (κ2) is 6.67. The molecule has 2 amide bonds. The zero-order valence-electron chi connectivity index (χ0n) is 12.9. The molecule has 0 aliphatic carbocycles. The lowest BCUT2D eigenvalue weighted by atomic mass is 10.2. The number of carbonyl (C=O) groups is 2. The van der Waals surface area contributed by atoms with Gasteiger partial charge < -0.3 is 15.0 Å². The molecule has 0 bridgehead atoms. The maximum atomic E-state index is 12.5. The van der Waals surface area contributed by atoms with E-state index in [1.165, 1.54) is 11.3 Å². The molecule has 0 atom stereocenters. The first-order chi connectivity index (χ1) is 11.6. The Morgan fingerprint density at radius 1 is 1.17 bits per heavy atom. The number of hydrogen-bond donors (Lipinski definition) is 1. The van der Waals surface area contributed by atoms with E-state index in [4.69, 9.17) is 10.5 Å². The summed E-state index contributed by atoms with van der Waals surface area (Å²) in [7, 11) is 1.86. The van der Waals surface area contributed by atoms with Crippen molar-refractivity contribution in [3.8, 4) is 5.75 Å². The van der Waals surface area contributed by atoms with Gasteiger partial charge in [-0.1, -0.05) is 35.6 Å². The number of primary amides is 1. The number of thiazole rings is 1. The van der Waals surface area contributed by atoms with Gasteiger partial charge in [0.05, 0.1) is 15.8 Å². The van der Waals surface area contributed by atoms with E-state index in [-0.39, 0.29) is 17.9 Å². The van der Waals surface area contributed by atoms with E-state index < -0.39 is 11.8 Å². The molecule has 3 aromatic rings. The summed E-state index contributed by atoms with van der Waals surface area (Å²) in [6.45, 7) is -0.291. The SMILES string of the molecule is Cn1c(=NC(=O)c2ccccc2OCC(N)=O)sc2ccccc21. The lowest BCUT2D eigenvalue weighted by Gasteiger charge is -2.07. The summed E-state index contributed by atoms with van der Waals surface area (Å²) >= 11 is 1.43. The van der Waals surface area contributed by atoms with Crippen LogP contribution in [0, 0.1) is 0 Å². The van der Waals surface area contributed by atoms with Crippen LogP contribution in [-0.2, 0) is 11.8 Å². The van der Waals surface area contributed by atoms with Crippen LogP contribution in [0.4, 0.5) is 0 Å². The van der Waals surface area contributed by atoms with Crippen molar-refractivity contribution in [2.24, 2.45) is 17.8 Å². The third kappa shape index (κ3) is 3.21. The molecule has 7 heteroatoms. The third-order valence-corrected chi connectivity index (χ3v) is 4.51. The van der Waals surface area contributed by atoms with Gasteiger partial charge >= 0.3 is 0 Å². The summed E-state index contributed by atoms with van der Waals surface area (Å²) in [5, 5.41) is 0. The molecule has 0 radical (unpaired) electrons. The maximum absolute atomic E-state index is 12.5. The van der Waals surface area contributed by atoms with Crippen molar-refractivity contribution in [2.75, 3.05) is 6.61 Å². The zero-order chi connectivity index (χ0) is 17.1. The summed E-state index contributed by atoms with van der Waals surface area (Å²) in [6, 6.07) is 14.5. The average molecular weight is 341 g/mol. The number of ether oxygens (including phenoxy) is 1. The number of aromatic nitrogens is 1. The molecule has 2 N–H and O–H groups in total. The van der Waals surface area contributed by atoms with Crippen LogP contribution in [0.2, 0.25) is 0 Å². The lowest BCUT2D eigenvalue weighted by Crippen LogP contribution is -2.21. The molecular weight excluding hydrogens is 326 g/mol. The second-order valence-corrected chi connectivity index (χ2v) is 6.09. The number of hydrogen-bond acceptors (Lipinski definition) is 4. The molecule has 24 heavy (non-hydrogen) atoms. The molecule has 0 spiro atoms. The van der Waals surface area contributed by atoms with E-state index in [9.17, 15) is 9.59 Å². The first-order valence-electron chi connectivity index (χ1n) is 7.20. The van der Waals surface area contributed by atoms with E-state index in [0.717, 1.165) is 10.2 Å². The Bertz CT molecular complexity index is 988. The molecule has 0 saturated heterocycles. The molecule has 0 unspecified atom stereocenters. The number of nitrogens with zero attached hydrogens (tertiary/aromatic N) is 2. The highest BCUT2D eigenvalue weighted by molar-refractivity contribution is 7.16. The standard InChI is InChI=1S/C17H15N3O3S/c1-20-12-7-3-5-9-14(12)24-17(20)19-16(22)11-6-2-4-8-13(11)23-10-15(18)21/h2-9H,10H2,1H3,(H2,18,21). The van der Waals surface area contributed by atoms with Crippen LogP contribution < -0.4 is 15.3 Å². The average Bonchev–Trinajstić information content (AvgIpc) is 2.89. The van der Waals surface area contributed by atoms with Gasteiger partial charge in [-0.3, -0.25) is 9.59 Å². The first kappa shape index (κ1) is 15.9. The van der Waals surface area contributed by atoms with Crippen LogP contribution in [0.5, 0.6) is 5.75 Å². The zero-order valence-corrected chi connectivity index (χ0v) is 13.7. The number of amides is 2. The summed E-state index contributed by atoms with van der Waals surface area (Å²) < 4.78 is 8.20. The van der Waals surface area contributed by atoms with Gasteiger partial charge in [-0.15, -0.1) is 0 Å². The van der Waals surface area contributed by atoms with Crippen molar-refractivity contribution in [2.45, 2.75) is 0 Å². The van der Waals surface area contributed by atoms with Crippen molar-refractivity contribution < 1.29 is 14.3 Å². The normalized spacial score (nSPS) is 11.6. The van der Waals surface area contributed by atoms with Crippen molar-refractivity contribution in [1.29, 1.82) is 0 Å². The maximum Gasteiger partial charge on any atom is 0.283 e. The van der Waals surface area contributed by atoms with Gasteiger partial charge in [-0.2, -0.15) is 4.99 Å². The predicted molar refractivity (Wildman–Crippen MR) is 91.8 cm³/mol. The highest BCUT2D eigenvalue weighted by atomic mass is 32.1.